The summed E-state index contributed by atoms with van der Waals surface area (Å²) in [6.45, 7) is 1.58. The fourth-order valence-electron chi connectivity index (χ4n) is 1.45. The molecule has 0 aromatic heterocycles. The van der Waals surface area contributed by atoms with Crippen molar-refractivity contribution in [1.29, 1.82) is 0 Å². The summed E-state index contributed by atoms with van der Waals surface area (Å²) in [4.78, 5) is 21.2. The van der Waals surface area contributed by atoms with Crippen molar-refractivity contribution in [3.63, 3.8) is 0 Å². The molecule has 0 radical (unpaired) electrons. The second-order valence-electron chi connectivity index (χ2n) is 4.04. The summed E-state index contributed by atoms with van der Waals surface area (Å²) in [6, 6.07) is 5.01. The Morgan fingerprint density at radius 2 is 2.20 bits per heavy atom. The van der Waals surface area contributed by atoms with E-state index in [-0.39, 0.29) is 5.91 Å². The van der Waals surface area contributed by atoms with Gasteiger partial charge >= 0.3 is 5.97 Å². The number of hydrogen-bond acceptors (Lipinski definition) is 3. The molecule has 1 aromatic rings. The van der Waals surface area contributed by atoms with Crippen molar-refractivity contribution in [2.75, 3.05) is 13.2 Å². The molecule has 0 atom stereocenters. The first-order chi connectivity index (χ1) is 9.49. The molecule has 0 bridgehead atoms. The number of rotatable bonds is 7. The van der Waals surface area contributed by atoms with Gasteiger partial charge in [-0.1, -0.05) is 23.8 Å². The minimum atomic E-state index is -1.05. The number of nitrogens with one attached hydrogen (secondary N) is 1. The number of halogens is 1. The van der Waals surface area contributed by atoms with Gasteiger partial charge in [0.25, 0.3) is 0 Å². The molecule has 1 rings (SSSR count). The number of ether oxygens (including phenoxy) is 1. The molecule has 2 N–H and O–H groups in total. The normalized spacial score (nSPS) is 10.5. The van der Waals surface area contributed by atoms with Crippen molar-refractivity contribution >= 4 is 29.6 Å². The van der Waals surface area contributed by atoms with E-state index in [1.165, 1.54) is 6.92 Å². The molecule has 0 aliphatic rings. The highest BCUT2D eigenvalue weighted by Crippen LogP contribution is 2.24. The average molecular weight is 298 g/mol. The van der Waals surface area contributed by atoms with Gasteiger partial charge in [-0.25, -0.2) is 4.79 Å². The lowest BCUT2D eigenvalue weighted by molar-refractivity contribution is -0.139. The second-order valence-corrected chi connectivity index (χ2v) is 4.48. The summed E-state index contributed by atoms with van der Waals surface area (Å²) >= 11 is 5.85. The predicted molar refractivity (Wildman–Crippen MR) is 76.9 cm³/mol. The van der Waals surface area contributed by atoms with E-state index in [4.69, 9.17) is 21.4 Å². The van der Waals surface area contributed by atoms with E-state index in [0.717, 1.165) is 5.56 Å². The van der Waals surface area contributed by atoms with Gasteiger partial charge in [-0.15, -0.1) is 0 Å². The second kappa shape index (κ2) is 8.22. The van der Waals surface area contributed by atoms with Crippen molar-refractivity contribution in [2.24, 2.45) is 0 Å². The largest absolute Gasteiger partial charge is 0.481 e. The molecular weight excluding hydrogens is 282 g/mol. The Morgan fingerprint density at radius 3 is 2.85 bits per heavy atom. The molecule has 20 heavy (non-hydrogen) atoms. The molecule has 108 valence electrons. The van der Waals surface area contributed by atoms with Gasteiger partial charge < -0.3 is 15.2 Å². The van der Waals surface area contributed by atoms with Gasteiger partial charge in [0.05, 0.1) is 0 Å². The van der Waals surface area contributed by atoms with Crippen LogP contribution in [-0.2, 0) is 9.59 Å². The molecule has 6 heteroatoms. The van der Waals surface area contributed by atoms with Crippen molar-refractivity contribution in [1.82, 2.24) is 5.32 Å². The Morgan fingerprint density at radius 1 is 1.45 bits per heavy atom. The Kier molecular flexibility index (Phi) is 6.59. The fourth-order valence-corrected chi connectivity index (χ4v) is 1.61. The van der Waals surface area contributed by atoms with Crippen LogP contribution < -0.4 is 10.1 Å². The minimum absolute atomic E-state index is 0.0737. The quantitative estimate of drug-likeness (QED) is 0.758. The predicted octanol–water partition coefficient (Wildman–Crippen LogP) is 2.34. The third-order valence-electron chi connectivity index (χ3n) is 2.31. The number of aliphatic carboxylic acids is 1. The molecule has 1 aromatic carbocycles. The van der Waals surface area contributed by atoms with E-state index >= 15 is 0 Å². The van der Waals surface area contributed by atoms with Crippen LogP contribution in [0.1, 0.15) is 18.9 Å². The van der Waals surface area contributed by atoms with E-state index in [1.54, 1.807) is 24.3 Å². The summed E-state index contributed by atoms with van der Waals surface area (Å²) in [6.07, 6.45) is 4.34. The Bertz CT molecular complexity index is 514. The summed E-state index contributed by atoms with van der Waals surface area (Å²) < 4.78 is 5.17. The maximum Gasteiger partial charge on any atom is 0.341 e. The number of carbonyl (C=O) groups excluding carboxylic acids is 1. The number of carbonyl (C=O) groups is 2. The highest BCUT2D eigenvalue weighted by molar-refractivity contribution is 6.30. The number of hydrogen-bond donors (Lipinski definition) is 2. The zero-order chi connectivity index (χ0) is 15.0. The Balaban J connectivity index is 2.65. The van der Waals surface area contributed by atoms with E-state index in [1.807, 2.05) is 6.08 Å². The maximum atomic E-state index is 10.7. The molecule has 0 saturated heterocycles. The average Bonchev–Trinajstić information content (AvgIpc) is 2.37. The maximum absolute atomic E-state index is 10.7. The van der Waals surface area contributed by atoms with Gasteiger partial charge in [-0.3, -0.25) is 4.79 Å². The first-order valence-corrected chi connectivity index (χ1v) is 6.42. The molecule has 0 fully saturated rings. The summed E-state index contributed by atoms with van der Waals surface area (Å²) in [5, 5.41) is 11.8. The number of benzene rings is 1. The van der Waals surface area contributed by atoms with Crippen molar-refractivity contribution < 1.29 is 19.4 Å². The smallest absolute Gasteiger partial charge is 0.341 e. The summed E-state index contributed by atoms with van der Waals surface area (Å²) in [5.41, 5.74) is 0.735. The molecule has 0 aliphatic heterocycles. The topological polar surface area (TPSA) is 75.6 Å². The number of amides is 1. The Labute approximate surface area is 122 Å². The lowest BCUT2D eigenvalue weighted by atomic mass is 10.1. The van der Waals surface area contributed by atoms with Gasteiger partial charge in [0.15, 0.2) is 6.61 Å². The molecule has 0 saturated carbocycles. The molecule has 0 unspecified atom stereocenters. The zero-order valence-electron chi connectivity index (χ0n) is 11.1. The summed E-state index contributed by atoms with van der Waals surface area (Å²) in [7, 11) is 0. The van der Waals surface area contributed by atoms with Gasteiger partial charge in [0.2, 0.25) is 5.91 Å². The van der Waals surface area contributed by atoms with Crippen LogP contribution in [0.5, 0.6) is 5.75 Å². The van der Waals surface area contributed by atoms with E-state index in [9.17, 15) is 9.59 Å². The highest BCUT2D eigenvalue weighted by Gasteiger charge is 2.04. The first kappa shape index (κ1) is 16.0. The van der Waals surface area contributed by atoms with E-state index in [0.29, 0.717) is 23.7 Å². The SMILES string of the molecule is CC(=O)NCCC=Cc1ccc(Cl)cc1OCC(=O)O. The highest BCUT2D eigenvalue weighted by atomic mass is 35.5. The lowest BCUT2D eigenvalue weighted by Gasteiger charge is -2.07. The summed E-state index contributed by atoms with van der Waals surface area (Å²) in [5.74, 6) is -0.711. The van der Waals surface area contributed by atoms with Crippen LogP contribution in [0.15, 0.2) is 24.3 Å². The number of carboxylic acids is 1. The molecular formula is C14H16ClNO4. The molecule has 0 spiro atoms. The van der Waals surface area contributed by atoms with Crippen molar-refractivity contribution in [3.8, 4) is 5.75 Å². The van der Waals surface area contributed by atoms with Crippen LogP contribution >= 0.6 is 11.6 Å². The van der Waals surface area contributed by atoms with Crippen LogP contribution in [-0.4, -0.2) is 30.1 Å². The minimum Gasteiger partial charge on any atom is -0.481 e. The van der Waals surface area contributed by atoms with Crippen LogP contribution in [0.25, 0.3) is 6.08 Å². The molecule has 0 heterocycles. The van der Waals surface area contributed by atoms with Crippen LogP contribution in [0, 0.1) is 0 Å². The molecule has 5 nitrogen and oxygen atoms in total. The lowest BCUT2D eigenvalue weighted by Crippen LogP contribution is -2.20. The number of carboxylic acid groups (broad SMARTS) is 1. The fraction of sp³-hybridized carbons (Fsp3) is 0.286. The van der Waals surface area contributed by atoms with Crippen molar-refractivity contribution in [2.45, 2.75) is 13.3 Å². The monoisotopic (exact) mass is 297 g/mol. The van der Waals surface area contributed by atoms with Crippen molar-refractivity contribution in [3.05, 3.63) is 34.9 Å². The van der Waals surface area contributed by atoms with Gasteiger partial charge in [-0.2, -0.15) is 0 Å². The first-order valence-electron chi connectivity index (χ1n) is 6.04. The van der Waals surface area contributed by atoms with Crippen LogP contribution in [0.4, 0.5) is 0 Å². The van der Waals surface area contributed by atoms with E-state index in [2.05, 4.69) is 5.32 Å². The van der Waals surface area contributed by atoms with Gasteiger partial charge in [0, 0.05) is 24.1 Å². The zero-order valence-corrected chi connectivity index (χ0v) is 11.8. The third-order valence-corrected chi connectivity index (χ3v) is 2.54. The molecule has 1 amide bonds. The Hall–Kier alpha value is -2.01. The van der Waals surface area contributed by atoms with E-state index < -0.39 is 12.6 Å². The van der Waals surface area contributed by atoms with Gasteiger partial charge in [0.1, 0.15) is 5.75 Å². The molecule has 0 aliphatic carbocycles. The van der Waals surface area contributed by atoms with Crippen LogP contribution in [0.3, 0.4) is 0 Å². The van der Waals surface area contributed by atoms with Crippen LogP contribution in [0.2, 0.25) is 5.02 Å². The van der Waals surface area contributed by atoms with Gasteiger partial charge in [-0.05, 0) is 24.6 Å². The standard InChI is InChI=1S/C14H16ClNO4/c1-10(17)16-7-3-2-4-11-5-6-12(15)8-13(11)20-9-14(18)19/h2,4-6,8H,3,7,9H2,1H3,(H,16,17)(H,18,19). The third kappa shape index (κ3) is 6.24.